The summed E-state index contributed by atoms with van der Waals surface area (Å²) in [6.07, 6.45) is 2.58. The van der Waals surface area contributed by atoms with Gasteiger partial charge in [0.2, 0.25) is 0 Å². The first-order valence-corrected chi connectivity index (χ1v) is 7.20. The molecular weight excluding hydrogens is 282 g/mol. The molecular formula is C17H16ClN3. The van der Waals surface area contributed by atoms with E-state index in [0.717, 1.165) is 33.5 Å². The molecule has 0 aliphatic carbocycles. The van der Waals surface area contributed by atoms with Gasteiger partial charge in [0, 0.05) is 16.6 Å². The molecule has 0 saturated carbocycles. The molecule has 3 nitrogen and oxygen atoms in total. The summed E-state index contributed by atoms with van der Waals surface area (Å²) >= 11 is 6.22. The van der Waals surface area contributed by atoms with Gasteiger partial charge < -0.3 is 0 Å². The van der Waals surface area contributed by atoms with E-state index < -0.39 is 0 Å². The number of halogens is 1. The van der Waals surface area contributed by atoms with Gasteiger partial charge in [0.05, 0.1) is 11.6 Å². The van der Waals surface area contributed by atoms with Crippen LogP contribution in [0.2, 0.25) is 5.02 Å². The van der Waals surface area contributed by atoms with E-state index in [0.29, 0.717) is 0 Å². The van der Waals surface area contributed by atoms with Crippen molar-refractivity contribution < 1.29 is 0 Å². The van der Waals surface area contributed by atoms with Crippen LogP contribution in [0.4, 0.5) is 0 Å². The number of nitrogens with one attached hydrogen (secondary N) is 1. The van der Waals surface area contributed by atoms with Crippen molar-refractivity contribution in [3.63, 3.8) is 0 Å². The summed E-state index contributed by atoms with van der Waals surface area (Å²) in [6.45, 7) is 0. The van der Waals surface area contributed by atoms with Crippen LogP contribution in [-0.4, -0.2) is 4.98 Å². The van der Waals surface area contributed by atoms with E-state index in [1.807, 2.05) is 48.7 Å². The maximum atomic E-state index is 6.22. The van der Waals surface area contributed by atoms with Crippen LogP contribution in [0, 0.1) is 0 Å². The van der Waals surface area contributed by atoms with Gasteiger partial charge in [-0.25, -0.2) is 0 Å². The predicted octanol–water partition coefficient (Wildman–Crippen LogP) is 3.64. The molecule has 0 bridgehead atoms. The molecule has 0 saturated heterocycles. The number of hydrogen-bond donors (Lipinski definition) is 2. The summed E-state index contributed by atoms with van der Waals surface area (Å²) in [5, 5.41) is 1.86. The maximum absolute atomic E-state index is 6.22. The van der Waals surface area contributed by atoms with E-state index >= 15 is 0 Å². The molecule has 2 aromatic carbocycles. The van der Waals surface area contributed by atoms with E-state index in [1.54, 1.807) is 0 Å². The van der Waals surface area contributed by atoms with Crippen molar-refractivity contribution >= 4 is 22.5 Å². The molecule has 3 aromatic rings. The molecule has 106 valence electrons. The molecule has 0 aliphatic heterocycles. The Bertz CT molecular complexity index is 758. The molecule has 0 aliphatic rings. The molecule has 1 unspecified atom stereocenters. The van der Waals surface area contributed by atoms with Gasteiger partial charge >= 0.3 is 0 Å². The van der Waals surface area contributed by atoms with Crippen molar-refractivity contribution in [1.29, 1.82) is 0 Å². The van der Waals surface area contributed by atoms with E-state index in [-0.39, 0.29) is 6.04 Å². The van der Waals surface area contributed by atoms with Crippen LogP contribution < -0.4 is 11.3 Å². The van der Waals surface area contributed by atoms with E-state index in [1.165, 1.54) is 0 Å². The minimum absolute atomic E-state index is 0.0259. The number of para-hydroxylation sites is 1. The van der Waals surface area contributed by atoms with Gasteiger partial charge in [0.15, 0.2) is 0 Å². The summed E-state index contributed by atoms with van der Waals surface area (Å²) in [4.78, 5) is 4.49. The Morgan fingerprint density at radius 2 is 1.86 bits per heavy atom. The van der Waals surface area contributed by atoms with Crippen molar-refractivity contribution in [2.45, 2.75) is 12.5 Å². The second kappa shape index (κ2) is 6.22. The third-order valence-corrected chi connectivity index (χ3v) is 3.97. The average molecular weight is 298 g/mol. The molecule has 4 heteroatoms. The second-order valence-corrected chi connectivity index (χ2v) is 5.38. The van der Waals surface area contributed by atoms with Crippen molar-refractivity contribution in [2.75, 3.05) is 0 Å². The van der Waals surface area contributed by atoms with E-state index in [4.69, 9.17) is 17.4 Å². The summed E-state index contributed by atoms with van der Waals surface area (Å²) in [5.41, 5.74) is 5.96. The van der Waals surface area contributed by atoms with Gasteiger partial charge in [0.25, 0.3) is 0 Å². The van der Waals surface area contributed by atoms with Crippen molar-refractivity contribution in [3.05, 3.63) is 76.9 Å². The van der Waals surface area contributed by atoms with Crippen LogP contribution in [0.25, 0.3) is 10.9 Å². The van der Waals surface area contributed by atoms with Gasteiger partial charge in [-0.3, -0.25) is 16.3 Å². The number of hydrazine groups is 1. The number of pyridine rings is 1. The Morgan fingerprint density at radius 1 is 1.10 bits per heavy atom. The molecule has 21 heavy (non-hydrogen) atoms. The maximum Gasteiger partial charge on any atom is 0.0702 e. The fourth-order valence-electron chi connectivity index (χ4n) is 2.44. The van der Waals surface area contributed by atoms with Crippen LogP contribution in [0.1, 0.15) is 17.2 Å². The van der Waals surface area contributed by atoms with Gasteiger partial charge in [0.1, 0.15) is 0 Å². The van der Waals surface area contributed by atoms with Crippen LogP contribution >= 0.6 is 11.6 Å². The third-order valence-electron chi connectivity index (χ3n) is 3.60. The quantitative estimate of drug-likeness (QED) is 0.571. The highest BCUT2D eigenvalue weighted by atomic mass is 35.5. The van der Waals surface area contributed by atoms with Crippen LogP contribution in [-0.2, 0) is 6.42 Å². The summed E-state index contributed by atoms with van der Waals surface area (Å²) in [6, 6.07) is 17.9. The minimum Gasteiger partial charge on any atom is -0.271 e. The molecule has 0 spiro atoms. The zero-order chi connectivity index (χ0) is 14.7. The molecule has 3 N–H and O–H groups in total. The molecule has 1 heterocycles. The first kappa shape index (κ1) is 14.0. The lowest BCUT2D eigenvalue weighted by molar-refractivity contribution is 0.551. The number of hydrogen-bond acceptors (Lipinski definition) is 3. The Balaban J connectivity index is 1.93. The molecule has 0 radical (unpaired) electrons. The number of nitrogens with zero attached hydrogens (tertiary/aromatic N) is 1. The lowest BCUT2D eigenvalue weighted by Crippen LogP contribution is -2.29. The molecule has 3 rings (SSSR count). The third kappa shape index (κ3) is 3.05. The lowest BCUT2D eigenvalue weighted by atomic mass is 9.99. The number of aromatic nitrogens is 1. The smallest absolute Gasteiger partial charge is 0.0702 e. The summed E-state index contributed by atoms with van der Waals surface area (Å²) in [7, 11) is 0. The number of benzene rings is 2. The highest BCUT2D eigenvalue weighted by Crippen LogP contribution is 2.24. The van der Waals surface area contributed by atoms with Crippen molar-refractivity contribution in [1.82, 2.24) is 10.4 Å². The van der Waals surface area contributed by atoms with Crippen LogP contribution in [0.15, 0.2) is 60.8 Å². The highest BCUT2D eigenvalue weighted by Gasteiger charge is 2.13. The first-order chi connectivity index (χ1) is 10.3. The Hall–Kier alpha value is -1.94. The van der Waals surface area contributed by atoms with Crippen molar-refractivity contribution in [2.24, 2.45) is 5.84 Å². The number of fused-ring (bicyclic) bond motifs is 1. The normalized spacial score (nSPS) is 12.5. The monoisotopic (exact) mass is 297 g/mol. The average Bonchev–Trinajstić information content (AvgIpc) is 2.54. The zero-order valence-electron chi connectivity index (χ0n) is 11.5. The van der Waals surface area contributed by atoms with Gasteiger partial charge in [-0.1, -0.05) is 48.0 Å². The second-order valence-electron chi connectivity index (χ2n) is 4.98. The first-order valence-electron chi connectivity index (χ1n) is 6.82. The van der Waals surface area contributed by atoms with Gasteiger partial charge in [-0.2, -0.15) is 0 Å². The Kier molecular flexibility index (Phi) is 4.15. The lowest BCUT2D eigenvalue weighted by Gasteiger charge is -2.17. The number of rotatable bonds is 4. The summed E-state index contributed by atoms with van der Waals surface area (Å²) < 4.78 is 0. The SMILES string of the molecule is NNC(Cc1ccccc1Cl)c1cnc2ccccc2c1. The van der Waals surface area contributed by atoms with Gasteiger partial charge in [-0.05, 0) is 35.7 Å². The van der Waals surface area contributed by atoms with E-state index in [9.17, 15) is 0 Å². The largest absolute Gasteiger partial charge is 0.271 e. The molecule has 0 amide bonds. The minimum atomic E-state index is -0.0259. The molecule has 1 atom stereocenters. The standard InChI is InChI=1S/C17H16ClN3/c18-15-7-3-1-5-12(15)10-17(21-19)14-9-13-6-2-4-8-16(13)20-11-14/h1-9,11,17,21H,10,19H2. The summed E-state index contributed by atoms with van der Waals surface area (Å²) in [5.74, 6) is 5.73. The van der Waals surface area contributed by atoms with Gasteiger partial charge in [-0.15, -0.1) is 0 Å². The molecule has 0 fully saturated rings. The van der Waals surface area contributed by atoms with E-state index in [2.05, 4.69) is 22.5 Å². The Morgan fingerprint density at radius 3 is 2.67 bits per heavy atom. The number of nitrogens with two attached hydrogens (primary N) is 1. The Labute approximate surface area is 128 Å². The van der Waals surface area contributed by atoms with Crippen LogP contribution in [0.3, 0.4) is 0 Å². The zero-order valence-corrected chi connectivity index (χ0v) is 12.2. The molecule has 1 aromatic heterocycles. The highest BCUT2D eigenvalue weighted by molar-refractivity contribution is 6.31. The van der Waals surface area contributed by atoms with Crippen LogP contribution in [0.5, 0.6) is 0 Å². The van der Waals surface area contributed by atoms with Crippen molar-refractivity contribution in [3.8, 4) is 0 Å². The topological polar surface area (TPSA) is 50.9 Å². The fraction of sp³-hybridized carbons (Fsp3) is 0.118. The predicted molar refractivity (Wildman–Crippen MR) is 87.0 cm³/mol. The fourth-order valence-corrected chi connectivity index (χ4v) is 2.65.